The third-order valence-electron chi connectivity index (χ3n) is 3.49. The van der Waals surface area contributed by atoms with Gasteiger partial charge in [-0.2, -0.15) is 0 Å². The Labute approximate surface area is 126 Å². The molecular weight excluding hydrogens is 290 g/mol. The van der Waals surface area contributed by atoms with Crippen LogP contribution in [0, 0.1) is 0 Å². The van der Waals surface area contributed by atoms with Crippen LogP contribution in [0.15, 0.2) is 29.2 Å². The molecule has 0 radical (unpaired) electrons. The summed E-state index contributed by atoms with van der Waals surface area (Å²) in [6, 6.07) is 6.06. The lowest BCUT2D eigenvalue weighted by atomic mass is 10.1. The Morgan fingerprint density at radius 2 is 1.90 bits per heavy atom. The summed E-state index contributed by atoms with van der Waals surface area (Å²) in [6.07, 6.45) is 2.69. The molecule has 1 aromatic rings. The first-order valence-corrected chi connectivity index (χ1v) is 8.96. The topological polar surface area (TPSA) is 74.7 Å². The van der Waals surface area contributed by atoms with Crippen LogP contribution < -0.4 is 0 Å². The van der Waals surface area contributed by atoms with Gasteiger partial charge >= 0.3 is 0 Å². The highest BCUT2D eigenvalue weighted by atomic mass is 32.2. The van der Waals surface area contributed by atoms with Gasteiger partial charge in [-0.3, -0.25) is 4.79 Å². The summed E-state index contributed by atoms with van der Waals surface area (Å²) in [5.41, 5.74) is 0.332. The van der Waals surface area contributed by atoms with E-state index in [0.29, 0.717) is 5.56 Å². The lowest BCUT2D eigenvalue weighted by molar-refractivity contribution is 0.0622. The predicted molar refractivity (Wildman–Crippen MR) is 82.0 cm³/mol. The quantitative estimate of drug-likeness (QED) is 0.831. The number of hydrogen-bond donors (Lipinski definition) is 1. The van der Waals surface area contributed by atoms with Gasteiger partial charge in [0.25, 0.3) is 5.91 Å². The third kappa shape index (κ3) is 4.54. The molecule has 0 spiro atoms. The van der Waals surface area contributed by atoms with E-state index in [4.69, 9.17) is 5.11 Å². The molecule has 0 saturated heterocycles. The van der Waals surface area contributed by atoms with Gasteiger partial charge in [0.2, 0.25) is 0 Å². The van der Waals surface area contributed by atoms with E-state index < -0.39 is 9.84 Å². The molecule has 1 amide bonds. The zero-order valence-electron chi connectivity index (χ0n) is 12.7. The largest absolute Gasteiger partial charge is 0.395 e. The first kappa shape index (κ1) is 17.7. The monoisotopic (exact) mass is 313 g/mol. The minimum absolute atomic E-state index is 0.0338. The Morgan fingerprint density at radius 3 is 2.38 bits per heavy atom. The zero-order valence-corrected chi connectivity index (χ0v) is 13.6. The van der Waals surface area contributed by atoms with Crippen LogP contribution in [0.25, 0.3) is 0 Å². The maximum atomic E-state index is 12.6. The molecule has 0 unspecified atom stereocenters. The molecule has 0 atom stereocenters. The van der Waals surface area contributed by atoms with Crippen LogP contribution in [-0.2, 0) is 9.84 Å². The molecule has 118 valence electrons. The van der Waals surface area contributed by atoms with E-state index >= 15 is 0 Å². The number of sulfone groups is 1. The number of hydrogen-bond acceptors (Lipinski definition) is 4. The van der Waals surface area contributed by atoms with Crippen LogP contribution in [0.2, 0.25) is 0 Å². The van der Waals surface area contributed by atoms with Crippen molar-refractivity contribution >= 4 is 15.7 Å². The lowest BCUT2D eigenvalue weighted by Crippen LogP contribution is -2.41. The molecule has 6 heteroatoms. The Bertz CT molecular complexity index is 579. The van der Waals surface area contributed by atoms with Crippen molar-refractivity contribution in [2.75, 3.05) is 19.4 Å². The Morgan fingerprint density at radius 1 is 1.29 bits per heavy atom. The highest BCUT2D eigenvalue weighted by Crippen LogP contribution is 2.16. The van der Waals surface area contributed by atoms with Gasteiger partial charge in [0.1, 0.15) is 0 Å². The van der Waals surface area contributed by atoms with Gasteiger partial charge in [-0.1, -0.05) is 19.9 Å². The number of rotatable bonds is 7. The molecule has 0 aliphatic rings. The summed E-state index contributed by atoms with van der Waals surface area (Å²) < 4.78 is 23.2. The van der Waals surface area contributed by atoms with E-state index in [0.717, 1.165) is 19.1 Å². The number of amides is 1. The van der Waals surface area contributed by atoms with Gasteiger partial charge < -0.3 is 10.0 Å². The van der Waals surface area contributed by atoms with Crippen LogP contribution >= 0.6 is 0 Å². The summed E-state index contributed by atoms with van der Waals surface area (Å²) in [4.78, 5) is 14.3. The van der Waals surface area contributed by atoms with E-state index in [9.17, 15) is 13.2 Å². The normalized spacial score (nSPS) is 11.7. The smallest absolute Gasteiger partial charge is 0.254 e. The molecule has 1 aromatic carbocycles. The average Bonchev–Trinajstić information content (AvgIpc) is 2.46. The molecular formula is C15H23NO4S. The second-order valence-electron chi connectivity index (χ2n) is 4.99. The molecule has 0 aliphatic carbocycles. The van der Waals surface area contributed by atoms with Crippen molar-refractivity contribution in [3.8, 4) is 0 Å². The van der Waals surface area contributed by atoms with Crippen molar-refractivity contribution < 1.29 is 18.3 Å². The number of aliphatic hydroxyl groups excluding tert-OH is 1. The Kier molecular flexibility index (Phi) is 6.36. The Hall–Kier alpha value is -1.40. The van der Waals surface area contributed by atoms with Gasteiger partial charge in [0.05, 0.1) is 11.5 Å². The van der Waals surface area contributed by atoms with Crippen molar-refractivity contribution in [2.24, 2.45) is 0 Å². The van der Waals surface area contributed by atoms with Crippen LogP contribution in [-0.4, -0.2) is 49.8 Å². The van der Waals surface area contributed by atoms with E-state index in [1.54, 1.807) is 17.0 Å². The number of carbonyl (C=O) groups is 1. The van der Waals surface area contributed by atoms with E-state index in [-0.39, 0.29) is 30.0 Å². The van der Waals surface area contributed by atoms with E-state index in [1.165, 1.54) is 12.1 Å². The fraction of sp³-hybridized carbons (Fsp3) is 0.533. The third-order valence-corrected chi connectivity index (χ3v) is 4.60. The van der Waals surface area contributed by atoms with Gasteiger partial charge in [-0.15, -0.1) is 0 Å². The summed E-state index contributed by atoms with van der Waals surface area (Å²) in [7, 11) is -3.35. The van der Waals surface area contributed by atoms with Gasteiger partial charge in [0, 0.05) is 24.4 Å². The van der Waals surface area contributed by atoms with E-state index in [2.05, 4.69) is 0 Å². The second-order valence-corrected chi connectivity index (χ2v) is 7.01. The minimum Gasteiger partial charge on any atom is -0.395 e. The molecule has 0 fully saturated rings. The summed E-state index contributed by atoms with van der Waals surface area (Å²) >= 11 is 0. The predicted octanol–water partition coefficient (Wildman–Crippen LogP) is 1.71. The SMILES string of the molecule is CCC(CC)N(CCO)C(=O)c1cccc(S(C)(=O)=O)c1. The average molecular weight is 313 g/mol. The highest BCUT2D eigenvalue weighted by Gasteiger charge is 2.22. The van der Waals surface area contributed by atoms with Crippen LogP contribution in [0.3, 0.4) is 0 Å². The molecule has 0 aromatic heterocycles. The highest BCUT2D eigenvalue weighted by molar-refractivity contribution is 7.90. The van der Waals surface area contributed by atoms with Gasteiger partial charge in [0.15, 0.2) is 9.84 Å². The fourth-order valence-electron chi connectivity index (χ4n) is 2.31. The first-order valence-electron chi connectivity index (χ1n) is 7.07. The molecule has 1 rings (SSSR count). The number of nitrogens with zero attached hydrogens (tertiary/aromatic N) is 1. The lowest BCUT2D eigenvalue weighted by Gasteiger charge is -2.30. The zero-order chi connectivity index (χ0) is 16.0. The maximum Gasteiger partial charge on any atom is 0.254 e. The van der Waals surface area contributed by atoms with Crippen molar-refractivity contribution in [3.63, 3.8) is 0 Å². The fourth-order valence-corrected chi connectivity index (χ4v) is 2.98. The van der Waals surface area contributed by atoms with Gasteiger partial charge in [-0.05, 0) is 31.0 Å². The van der Waals surface area contributed by atoms with Crippen LogP contribution in [0.1, 0.15) is 37.0 Å². The van der Waals surface area contributed by atoms with Crippen molar-refractivity contribution in [1.29, 1.82) is 0 Å². The summed E-state index contributed by atoms with van der Waals surface area (Å²) in [5, 5.41) is 9.17. The van der Waals surface area contributed by atoms with Crippen LogP contribution in [0.4, 0.5) is 0 Å². The van der Waals surface area contributed by atoms with Crippen molar-refractivity contribution in [3.05, 3.63) is 29.8 Å². The summed E-state index contributed by atoms with van der Waals surface area (Å²) in [5.74, 6) is -0.247. The second kappa shape index (κ2) is 7.56. The number of benzene rings is 1. The number of aliphatic hydroxyl groups is 1. The first-order chi connectivity index (χ1) is 9.85. The molecule has 0 saturated carbocycles. The van der Waals surface area contributed by atoms with E-state index in [1.807, 2.05) is 13.8 Å². The molecule has 0 aliphatic heterocycles. The van der Waals surface area contributed by atoms with Crippen molar-refractivity contribution in [1.82, 2.24) is 4.90 Å². The molecule has 21 heavy (non-hydrogen) atoms. The van der Waals surface area contributed by atoms with Gasteiger partial charge in [-0.25, -0.2) is 8.42 Å². The summed E-state index contributed by atoms with van der Waals surface area (Å²) in [6.45, 7) is 4.10. The Balaban J connectivity index is 3.15. The maximum absolute atomic E-state index is 12.6. The minimum atomic E-state index is -3.35. The molecule has 1 N–H and O–H groups in total. The number of carbonyl (C=O) groups excluding carboxylic acids is 1. The van der Waals surface area contributed by atoms with Crippen LogP contribution in [0.5, 0.6) is 0 Å². The molecule has 0 heterocycles. The molecule has 5 nitrogen and oxygen atoms in total. The standard InChI is InChI=1S/C15H23NO4S/c1-4-13(5-2)16(9-10-17)15(18)12-7-6-8-14(11-12)21(3,19)20/h6-8,11,13,17H,4-5,9-10H2,1-3H3. The molecule has 0 bridgehead atoms. The van der Waals surface area contributed by atoms with Crippen molar-refractivity contribution in [2.45, 2.75) is 37.6 Å².